The zero-order valence-electron chi connectivity index (χ0n) is 12.6. The minimum atomic E-state index is -0.863. The molecule has 1 atom stereocenters. The van der Waals surface area contributed by atoms with Crippen LogP contribution in [0, 0.1) is 0 Å². The molecular formula is C15H24N2O2S. The van der Waals surface area contributed by atoms with Crippen LogP contribution in [0.1, 0.15) is 23.7 Å². The highest BCUT2D eigenvalue weighted by molar-refractivity contribution is 7.98. The fraction of sp³-hybridized carbons (Fsp3) is 0.533. The first-order chi connectivity index (χ1) is 9.35. The van der Waals surface area contributed by atoms with Gasteiger partial charge in [0.05, 0.1) is 5.60 Å². The number of carbonyl (C=O) groups excluding carboxylic acids is 1. The molecule has 0 saturated carbocycles. The van der Waals surface area contributed by atoms with Crippen LogP contribution in [0.5, 0.6) is 0 Å². The molecule has 0 aliphatic carbocycles. The summed E-state index contributed by atoms with van der Waals surface area (Å²) in [6.07, 6.45) is 2.66. The van der Waals surface area contributed by atoms with Gasteiger partial charge in [-0.2, -0.15) is 11.8 Å². The molecule has 2 N–H and O–H groups in total. The van der Waals surface area contributed by atoms with E-state index in [-0.39, 0.29) is 12.5 Å². The summed E-state index contributed by atoms with van der Waals surface area (Å²) in [6, 6.07) is 7.42. The molecule has 0 aliphatic heterocycles. The smallest absolute Gasteiger partial charge is 0.251 e. The number of hydrogen-bond donors (Lipinski definition) is 2. The average molecular weight is 296 g/mol. The Morgan fingerprint density at radius 3 is 2.75 bits per heavy atom. The highest BCUT2D eigenvalue weighted by Crippen LogP contribution is 2.14. The van der Waals surface area contributed by atoms with Gasteiger partial charge in [0.2, 0.25) is 0 Å². The van der Waals surface area contributed by atoms with E-state index in [1.807, 2.05) is 43.5 Å². The fourth-order valence-electron chi connectivity index (χ4n) is 1.71. The summed E-state index contributed by atoms with van der Waals surface area (Å²) < 4.78 is 0. The Kier molecular flexibility index (Phi) is 6.36. The van der Waals surface area contributed by atoms with Crippen molar-refractivity contribution in [1.29, 1.82) is 0 Å². The number of amides is 1. The van der Waals surface area contributed by atoms with Crippen LogP contribution in [0.25, 0.3) is 0 Å². The molecule has 1 amide bonds. The van der Waals surface area contributed by atoms with Crippen molar-refractivity contribution in [3.63, 3.8) is 0 Å². The summed E-state index contributed by atoms with van der Waals surface area (Å²) in [5, 5.41) is 12.9. The van der Waals surface area contributed by atoms with Gasteiger partial charge in [0.15, 0.2) is 0 Å². The first-order valence-electron chi connectivity index (χ1n) is 6.62. The molecule has 1 aromatic carbocycles. The summed E-state index contributed by atoms with van der Waals surface area (Å²) in [5.41, 5.74) is 0.723. The van der Waals surface area contributed by atoms with Crippen molar-refractivity contribution < 1.29 is 9.90 Å². The molecule has 0 aliphatic rings. The topological polar surface area (TPSA) is 52.6 Å². The van der Waals surface area contributed by atoms with E-state index in [0.29, 0.717) is 12.0 Å². The number of nitrogens with zero attached hydrogens (tertiary/aromatic N) is 1. The number of nitrogens with one attached hydrogen (secondary N) is 1. The van der Waals surface area contributed by atoms with Gasteiger partial charge in [-0.15, -0.1) is 0 Å². The summed E-state index contributed by atoms with van der Waals surface area (Å²) in [7, 11) is 3.87. The third-order valence-corrected chi connectivity index (χ3v) is 3.71. The third-order valence-electron chi connectivity index (χ3n) is 3.10. The number of hydrogen-bond acceptors (Lipinski definition) is 4. The standard InChI is InChI=1S/C15H24N2O2S/c1-15(19,8-9-20-4)11-16-14(18)12-6-5-7-13(10-12)17(2)3/h5-7,10,19H,8-9,11H2,1-4H3,(H,16,18)/t15-/m1/s1. The molecule has 1 aromatic rings. The van der Waals surface area contributed by atoms with Crippen molar-refractivity contribution in [3.05, 3.63) is 29.8 Å². The Balaban J connectivity index is 2.61. The molecule has 0 heterocycles. The molecule has 0 radical (unpaired) electrons. The van der Waals surface area contributed by atoms with Crippen molar-refractivity contribution in [1.82, 2.24) is 5.32 Å². The summed E-state index contributed by atoms with van der Waals surface area (Å²) >= 11 is 1.69. The lowest BCUT2D eigenvalue weighted by atomic mass is 10.0. The molecule has 4 nitrogen and oxygen atoms in total. The second-order valence-corrected chi connectivity index (χ2v) is 6.35. The van der Waals surface area contributed by atoms with Gasteiger partial charge in [0.25, 0.3) is 5.91 Å². The summed E-state index contributed by atoms with van der Waals surface area (Å²) in [5.74, 6) is 0.719. The van der Waals surface area contributed by atoms with Gasteiger partial charge in [-0.25, -0.2) is 0 Å². The summed E-state index contributed by atoms with van der Waals surface area (Å²) in [6.45, 7) is 2.01. The normalized spacial score (nSPS) is 13.7. The number of anilines is 1. The first-order valence-corrected chi connectivity index (χ1v) is 8.02. The van der Waals surface area contributed by atoms with Crippen LogP contribution in [0.4, 0.5) is 5.69 Å². The summed E-state index contributed by atoms with van der Waals surface area (Å²) in [4.78, 5) is 14.0. The molecular weight excluding hydrogens is 272 g/mol. The Morgan fingerprint density at radius 1 is 1.45 bits per heavy atom. The van der Waals surface area contributed by atoms with Crippen LogP contribution in [-0.4, -0.2) is 49.3 Å². The van der Waals surface area contributed by atoms with Gasteiger partial charge in [-0.3, -0.25) is 4.79 Å². The SMILES string of the molecule is CSCC[C@@](C)(O)CNC(=O)c1cccc(N(C)C)c1. The Morgan fingerprint density at radius 2 is 2.15 bits per heavy atom. The van der Waals surface area contributed by atoms with Crippen molar-refractivity contribution in [2.45, 2.75) is 18.9 Å². The average Bonchev–Trinajstić information content (AvgIpc) is 2.43. The van der Waals surface area contributed by atoms with Crippen molar-refractivity contribution in [2.75, 3.05) is 37.5 Å². The lowest BCUT2D eigenvalue weighted by Crippen LogP contribution is -2.41. The quantitative estimate of drug-likeness (QED) is 0.808. The predicted molar refractivity (Wildman–Crippen MR) is 86.7 cm³/mol. The van der Waals surface area contributed by atoms with Gasteiger partial charge in [-0.05, 0) is 43.6 Å². The second-order valence-electron chi connectivity index (χ2n) is 5.37. The van der Waals surface area contributed by atoms with E-state index < -0.39 is 5.60 Å². The molecule has 0 spiro atoms. The van der Waals surface area contributed by atoms with Crippen molar-refractivity contribution in [3.8, 4) is 0 Å². The van der Waals surface area contributed by atoms with Crippen molar-refractivity contribution in [2.24, 2.45) is 0 Å². The van der Waals surface area contributed by atoms with E-state index in [2.05, 4.69) is 5.32 Å². The van der Waals surface area contributed by atoms with E-state index in [1.54, 1.807) is 24.8 Å². The molecule has 0 bridgehead atoms. The largest absolute Gasteiger partial charge is 0.388 e. The zero-order chi connectivity index (χ0) is 15.2. The Hall–Kier alpha value is -1.20. The van der Waals surface area contributed by atoms with Gasteiger partial charge in [0.1, 0.15) is 0 Å². The van der Waals surface area contributed by atoms with E-state index in [9.17, 15) is 9.90 Å². The van der Waals surface area contributed by atoms with Gasteiger partial charge in [0, 0.05) is 31.9 Å². The molecule has 0 saturated heterocycles. The molecule has 0 aromatic heterocycles. The molecule has 0 fully saturated rings. The zero-order valence-corrected chi connectivity index (χ0v) is 13.5. The number of thioether (sulfide) groups is 1. The lowest BCUT2D eigenvalue weighted by Gasteiger charge is -2.23. The number of rotatable bonds is 7. The predicted octanol–water partition coefficient (Wildman–Crippen LogP) is 1.99. The first kappa shape index (κ1) is 16.9. The number of benzene rings is 1. The van der Waals surface area contributed by atoms with Crippen LogP contribution < -0.4 is 10.2 Å². The molecule has 0 unspecified atom stereocenters. The van der Waals surface area contributed by atoms with Crippen molar-refractivity contribution >= 4 is 23.4 Å². The van der Waals surface area contributed by atoms with Crippen LogP contribution in [-0.2, 0) is 0 Å². The minimum absolute atomic E-state index is 0.155. The Labute approximate surface area is 125 Å². The number of carbonyl (C=O) groups is 1. The van der Waals surface area contributed by atoms with Gasteiger partial charge < -0.3 is 15.3 Å². The van der Waals surface area contributed by atoms with Crippen LogP contribution >= 0.6 is 11.8 Å². The molecule has 5 heteroatoms. The second kappa shape index (κ2) is 7.55. The fourth-order valence-corrected chi connectivity index (χ4v) is 2.35. The van der Waals surface area contributed by atoms with E-state index in [0.717, 1.165) is 11.4 Å². The molecule has 1 rings (SSSR count). The van der Waals surface area contributed by atoms with Crippen LogP contribution in [0.2, 0.25) is 0 Å². The van der Waals surface area contributed by atoms with Gasteiger partial charge in [-0.1, -0.05) is 6.07 Å². The maximum Gasteiger partial charge on any atom is 0.251 e. The maximum absolute atomic E-state index is 12.1. The van der Waals surface area contributed by atoms with Crippen LogP contribution in [0.15, 0.2) is 24.3 Å². The van der Waals surface area contributed by atoms with Crippen LogP contribution in [0.3, 0.4) is 0 Å². The highest BCUT2D eigenvalue weighted by Gasteiger charge is 2.21. The van der Waals surface area contributed by atoms with E-state index in [1.165, 1.54) is 0 Å². The highest BCUT2D eigenvalue weighted by atomic mass is 32.2. The van der Waals surface area contributed by atoms with E-state index in [4.69, 9.17) is 0 Å². The number of aliphatic hydroxyl groups is 1. The monoisotopic (exact) mass is 296 g/mol. The molecule has 112 valence electrons. The lowest BCUT2D eigenvalue weighted by molar-refractivity contribution is 0.0528. The maximum atomic E-state index is 12.1. The van der Waals surface area contributed by atoms with E-state index >= 15 is 0 Å². The molecule has 20 heavy (non-hydrogen) atoms. The third kappa shape index (κ3) is 5.43. The minimum Gasteiger partial charge on any atom is -0.388 e. The van der Waals surface area contributed by atoms with Gasteiger partial charge >= 0.3 is 0 Å². The Bertz CT molecular complexity index is 447.